The molecular formula is C15H29N5O. The second-order valence-corrected chi connectivity index (χ2v) is 5.28. The van der Waals surface area contributed by atoms with Crippen molar-refractivity contribution in [2.24, 2.45) is 10.9 Å². The van der Waals surface area contributed by atoms with Gasteiger partial charge >= 0.3 is 0 Å². The number of hydrogen-bond acceptors (Lipinski definition) is 3. The Morgan fingerprint density at radius 3 is 2.86 bits per heavy atom. The van der Waals surface area contributed by atoms with Crippen molar-refractivity contribution in [3.05, 3.63) is 18.7 Å². The van der Waals surface area contributed by atoms with Crippen molar-refractivity contribution < 1.29 is 4.74 Å². The third-order valence-corrected chi connectivity index (χ3v) is 2.91. The molecule has 1 rings (SSSR count). The summed E-state index contributed by atoms with van der Waals surface area (Å²) in [5, 5.41) is 6.53. The predicted octanol–water partition coefficient (Wildman–Crippen LogP) is 1.50. The first kappa shape index (κ1) is 17.5. The predicted molar refractivity (Wildman–Crippen MR) is 86.5 cm³/mol. The fraction of sp³-hybridized carbons (Fsp3) is 0.733. The van der Waals surface area contributed by atoms with Crippen LogP contribution in [0.4, 0.5) is 0 Å². The lowest BCUT2D eigenvalue weighted by Gasteiger charge is -2.11. The molecule has 1 aromatic heterocycles. The summed E-state index contributed by atoms with van der Waals surface area (Å²) in [6, 6.07) is 0. The van der Waals surface area contributed by atoms with E-state index in [4.69, 9.17) is 4.74 Å². The van der Waals surface area contributed by atoms with E-state index in [1.807, 2.05) is 17.1 Å². The summed E-state index contributed by atoms with van der Waals surface area (Å²) in [4.78, 5) is 8.51. The van der Waals surface area contributed by atoms with Gasteiger partial charge < -0.3 is 19.9 Å². The summed E-state index contributed by atoms with van der Waals surface area (Å²) in [6.07, 6.45) is 6.66. The molecule has 6 nitrogen and oxygen atoms in total. The maximum atomic E-state index is 5.56. The minimum absolute atomic E-state index is 0.671. The molecule has 120 valence electrons. The summed E-state index contributed by atoms with van der Waals surface area (Å²) in [5.41, 5.74) is 0. The lowest BCUT2D eigenvalue weighted by molar-refractivity contribution is 0.130. The van der Waals surface area contributed by atoms with Gasteiger partial charge in [-0.15, -0.1) is 0 Å². The van der Waals surface area contributed by atoms with Crippen LogP contribution in [-0.4, -0.2) is 48.4 Å². The van der Waals surface area contributed by atoms with Gasteiger partial charge in [0.05, 0.1) is 19.5 Å². The molecule has 1 aromatic rings. The summed E-state index contributed by atoms with van der Waals surface area (Å²) in [5.74, 6) is 1.53. The molecule has 0 spiro atoms. The van der Waals surface area contributed by atoms with E-state index in [1.54, 1.807) is 6.20 Å². The third-order valence-electron chi connectivity index (χ3n) is 2.91. The van der Waals surface area contributed by atoms with Crippen molar-refractivity contribution in [3.8, 4) is 0 Å². The van der Waals surface area contributed by atoms with Crippen molar-refractivity contribution in [1.82, 2.24) is 20.2 Å². The minimum Gasteiger partial charge on any atom is -0.380 e. The van der Waals surface area contributed by atoms with Crippen molar-refractivity contribution in [2.45, 2.75) is 33.7 Å². The Balaban J connectivity index is 2.16. The normalized spacial score (nSPS) is 11.9. The van der Waals surface area contributed by atoms with Gasteiger partial charge in [0.2, 0.25) is 0 Å². The molecule has 0 saturated carbocycles. The van der Waals surface area contributed by atoms with E-state index in [9.17, 15) is 0 Å². The van der Waals surface area contributed by atoms with Crippen LogP contribution in [0.5, 0.6) is 0 Å². The smallest absolute Gasteiger partial charge is 0.191 e. The highest BCUT2D eigenvalue weighted by atomic mass is 16.5. The molecule has 0 aliphatic heterocycles. The molecule has 21 heavy (non-hydrogen) atoms. The van der Waals surface area contributed by atoms with Gasteiger partial charge in [-0.05, 0) is 19.3 Å². The third kappa shape index (κ3) is 9.07. The molecule has 0 saturated heterocycles. The minimum atomic E-state index is 0.671. The highest BCUT2D eigenvalue weighted by Crippen LogP contribution is 1.98. The maximum Gasteiger partial charge on any atom is 0.191 e. The van der Waals surface area contributed by atoms with Crippen LogP contribution in [0, 0.1) is 5.92 Å². The van der Waals surface area contributed by atoms with Crippen molar-refractivity contribution >= 4 is 5.96 Å². The molecule has 0 aliphatic carbocycles. The summed E-state index contributed by atoms with van der Waals surface area (Å²) in [7, 11) is 0. The van der Waals surface area contributed by atoms with E-state index in [0.717, 1.165) is 38.6 Å². The molecule has 0 aromatic carbocycles. The topological polar surface area (TPSA) is 63.5 Å². The van der Waals surface area contributed by atoms with Crippen molar-refractivity contribution in [2.75, 3.05) is 32.8 Å². The molecule has 0 radical (unpaired) electrons. The number of nitrogens with zero attached hydrogens (tertiary/aromatic N) is 3. The lowest BCUT2D eigenvalue weighted by atomic mass is 10.1. The molecular weight excluding hydrogens is 266 g/mol. The van der Waals surface area contributed by atoms with Gasteiger partial charge in [0, 0.05) is 38.6 Å². The van der Waals surface area contributed by atoms with Crippen LogP contribution in [0.15, 0.2) is 23.7 Å². The Bertz CT molecular complexity index is 375. The van der Waals surface area contributed by atoms with Gasteiger partial charge in [-0.1, -0.05) is 13.8 Å². The fourth-order valence-corrected chi connectivity index (χ4v) is 1.71. The molecule has 0 atom stereocenters. The van der Waals surface area contributed by atoms with E-state index >= 15 is 0 Å². The average Bonchev–Trinajstić information content (AvgIpc) is 2.95. The summed E-state index contributed by atoms with van der Waals surface area (Å²) in [6.45, 7) is 11.2. The van der Waals surface area contributed by atoms with Crippen LogP contribution < -0.4 is 10.6 Å². The van der Waals surface area contributed by atoms with Gasteiger partial charge in [0.15, 0.2) is 5.96 Å². The highest BCUT2D eigenvalue weighted by Gasteiger charge is 1.97. The quantitative estimate of drug-likeness (QED) is 0.390. The lowest BCUT2D eigenvalue weighted by Crippen LogP contribution is -2.39. The molecule has 0 unspecified atom stereocenters. The zero-order chi connectivity index (χ0) is 15.3. The van der Waals surface area contributed by atoms with Gasteiger partial charge in [0.1, 0.15) is 0 Å². The molecule has 1 heterocycles. The van der Waals surface area contributed by atoms with Gasteiger partial charge in [0.25, 0.3) is 0 Å². The van der Waals surface area contributed by atoms with Crippen LogP contribution in [0.3, 0.4) is 0 Å². The van der Waals surface area contributed by atoms with Gasteiger partial charge in [-0.2, -0.15) is 0 Å². The monoisotopic (exact) mass is 295 g/mol. The van der Waals surface area contributed by atoms with Gasteiger partial charge in [-0.25, -0.2) is 4.98 Å². The number of aromatic nitrogens is 2. The van der Waals surface area contributed by atoms with Crippen LogP contribution in [0.1, 0.15) is 27.2 Å². The van der Waals surface area contributed by atoms with E-state index in [0.29, 0.717) is 19.1 Å². The standard InChI is InChI=1S/C15H29N5O/c1-4-17-15(18-7-10-20-9-6-16-13-20)19-8-12-21-11-5-14(2)3/h6,9,13-14H,4-5,7-8,10-12H2,1-3H3,(H2,17,18,19). The number of rotatable bonds is 10. The average molecular weight is 295 g/mol. The first-order chi connectivity index (χ1) is 10.2. The molecule has 6 heteroatoms. The number of guanidine groups is 1. The molecule has 0 bridgehead atoms. The maximum absolute atomic E-state index is 5.56. The number of hydrogen-bond donors (Lipinski definition) is 2. The summed E-state index contributed by atoms with van der Waals surface area (Å²) < 4.78 is 7.59. The van der Waals surface area contributed by atoms with E-state index < -0.39 is 0 Å². The molecule has 0 fully saturated rings. The van der Waals surface area contributed by atoms with Crippen LogP contribution in [0.25, 0.3) is 0 Å². The number of aliphatic imine (C=N–C) groups is 1. The first-order valence-corrected chi connectivity index (χ1v) is 7.78. The Kier molecular flexibility index (Phi) is 9.28. The van der Waals surface area contributed by atoms with Crippen molar-refractivity contribution in [3.63, 3.8) is 0 Å². The molecule has 2 N–H and O–H groups in total. The van der Waals surface area contributed by atoms with Crippen LogP contribution >= 0.6 is 0 Å². The SMILES string of the molecule is CCNC(=NCCOCCC(C)C)NCCn1ccnc1. The van der Waals surface area contributed by atoms with Crippen molar-refractivity contribution in [1.29, 1.82) is 0 Å². The van der Waals surface area contributed by atoms with E-state index in [2.05, 4.69) is 41.4 Å². The highest BCUT2D eigenvalue weighted by molar-refractivity contribution is 5.79. The first-order valence-electron chi connectivity index (χ1n) is 7.78. The Morgan fingerprint density at radius 2 is 2.19 bits per heavy atom. The fourth-order valence-electron chi connectivity index (χ4n) is 1.71. The molecule has 0 amide bonds. The van der Waals surface area contributed by atoms with Crippen LogP contribution in [0.2, 0.25) is 0 Å². The second kappa shape index (κ2) is 11.1. The van der Waals surface area contributed by atoms with E-state index in [1.165, 1.54) is 0 Å². The van der Waals surface area contributed by atoms with Gasteiger partial charge in [-0.3, -0.25) is 4.99 Å². The van der Waals surface area contributed by atoms with Crippen LogP contribution in [-0.2, 0) is 11.3 Å². The zero-order valence-electron chi connectivity index (χ0n) is 13.5. The Hall–Kier alpha value is -1.56. The number of nitrogens with one attached hydrogen (secondary N) is 2. The Morgan fingerprint density at radius 1 is 1.33 bits per heavy atom. The second-order valence-electron chi connectivity index (χ2n) is 5.28. The number of imidazole rings is 1. The summed E-state index contributed by atoms with van der Waals surface area (Å²) >= 11 is 0. The number of ether oxygens (including phenoxy) is 1. The Labute approximate surface area is 128 Å². The zero-order valence-corrected chi connectivity index (χ0v) is 13.5. The largest absolute Gasteiger partial charge is 0.380 e. The van der Waals surface area contributed by atoms with E-state index in [-0.39, 0.29) is 0 Å². The molecule has 0 aliphatic rings.